The maximum atomic E-state index is 14.1. The number of amides is 3. The topological polar surface area (TPSA) is 136 Å². The molecular formula is C46H51N7O4. The summed E-state index contributed by atoms with van der Waals surface area (Å²) in [6.45, 7) is 9.61. The van der Waals surface area contributed by atoms with Gasteiger partial charge in [-0.2, -0.15) is 0 Å². The highest BCUT2D eigenvalue weighted by Gasteiger charge is 2.54. The number of nitrogens with zero attached hydrogens (tertiary/aromatic N) is 4. The largest absolute Gasteiger partial charge is 0.453 e. The molecule has 8 rings (SSSR count). The van der Waals surface area contributed by atoms with Crippen molar-refractivity contribution in [2.75, 3.05) is 20.2 Å². The van der Waals surface area contributed by atoms with E-state index < -0.39 is 12.1 Å². The Bertz CT molecular complexity index is 2330. The average molecular weight is 766 g/mol. The second-order valence-corrected chi connectivity index (χ2v) is 16.6. The highest BCUT2D eigenvalue weighted by atomic mass is 16.5. The van der Waals surface area contributed by atoms with Gasteiger partial charge in [0.15, 0.2) is 0 Å². The van der Waals surface area contributed by atoms with Crippen molar-refractivity contribution in [2.24, 2.45) is 17.3 Å². The van der Waals surface area contributed by atoms with Crippen molar-refractivity contribution >= 4 is 28.9 Å². The fraction of sp³-hybridized carbons (Fsp3) is 0.413. The number of hydrogen-bond acceptors (Lipinski definition) is 6. The van der Waals surface area contributed by atoms with E-state index in [2.05, 4.69) is 45.9 Å². The molecular weight excluding hydrogens is 715 g/mol. The molecule has 2 saturated heterocycles. The van der Waals surface area contributed by atoms with Crippen LogP contribution in [-0.2, 0) is 14.3 Å². The van der Waals surface area contributed by atoms with Crippen LogP contribution in [0.5, 0.6) is 0 Å². The predicted octanol–water partition coefficient (Wildman–Crippen LogP) is 7.89. The summed E-state index contributed by atoms with van der Waals surface area (Å²) in [6.07, 6.45) is 6.09. The fourth-order valence-corrected chi connectivity index (χ4v) is 8.44. The van der Waals surface area contributed by atoms with Gasteiger partial charge in [0, 0.05) is 36.1 Å². The third-order valence-electron chi connectivity index (χ3n) is 12.5. The SMILES string of the molecule is COC(=O)N[C@@H](C(=O)N1CCC[C@H]1c1ncc(-c2ccc(C#Cc3ccc4nc([C@@H]5CC6(CC6)CN5C(=O)[C@@H](C)C(C)C)[nH]c4c3)cc2)[nH]1)[C@@H](C)c1ccccc1. The van der Waals surface area contributed by atoms with Gasteiger partial charge in [-0.05, 0) is 84.9 Å². The molecule has 3 fully saturated rings. The van der Waals surface area contributed by atoms with Crippen molar-refractivity contribution in [1.29, 1.82) is 0 Å². The zero-order valence-electron chi connectivity index (χ0n) is 33.3. The first-order valence-electron chi connectivity index (χ1n) is 20.2. The number of aromatic amines is 2. The molecule has 57 heavy (non-hydrogen) atoms. The van der Waals surface area contributed by atoms with Gasteiger partial charge >= 0.3 is 6.09 Å². The van der Waals surface area contributed by atoms with Crippen LogP contribution in [0, 0.1) is 29.1 Å². The molecule has 3 aliphatic rings. The fourth-order valence-electron chi connectivity index (χ4n) is 8.44. The zero-order chi connectivity index (χ0) is 39.8. The molecule has 294 valence electrons. The Hall–Kier alpha value is -5.89. The number of ether oxygens (including phenoxy) is 1. The van der Waals surface area contributed by atoms with E-state index in [-0.39, 0.29) is 41.1 Å². The minimum atomic E-state index is -0.796. The van der Waals surface area contributed by atoms with E-state index in [0.717, 1.165) is 70.6 Å². The lowest BCUT2D eigenvalue weighted by Gasteiger charge is -2.31. The normalized spacial score (nSPS) is 20.0. The number of rotatable bonds is 9. The van der Waals surface area contributed by atoms with Crippen LogP contribution in [0.2, 0.25) is 0 Å². The first kappa shape index (κ1) is 38.0. The van der Waals surface area contributed by atoms with Crippen molar-refractivity contribution in [3.05, 3.63) is 107 Å². The van der Waals surface area contributed by atoms with Gasteiger partial charge < -0.3 is 29.8 Å². The third kappa shape index (κ3) is 7.78. The predicted molar refractivity (Wildman–Crippen MR) is 219 cm³/mol. The number of alkyl carbamates (subject to hydrolysis) is 1. The lowest BCUT2D eigenvalue weighted by atomic mass is 9.92. The number of carbonyl (C=O) groups excluding carboxylic acids is 3. The third-order valence-corrected chi connectivity index (χ3v) is 12.5. The van der Waals surface area contributed by atoms with Crippen LogP contribution in [0.3, 0.4) is 0 Å². The Morgan fingerprint density at radius 3 is 2.33 bits per heavy atom. The number of nitrogens with one attached hydrogen (secondary N) is 3. The maximum Gasteiger partial charge on any atom is 0.407 e. The minimum absolute atomic E-state index is 0.0223. The van der Waals surface area contributed by atoms with Crippen LogP contribution in [-0.4, -0.2) is 73.9 Å². The van der Waals surface area contributed by atoms with E-state index in [1.165, 1.54) is 20.0 Å². The first-order chi connectivity index (χ1) is 27.5. The molecule has 1 aliphatic carbocycles. The van der Waals surface area contributed by atoms with Gasteiger partial charge in [0.1, 0.15) is 17.7 Å². The van der Waals surface area contributed by atoms with Gasteiger partial charge in [0.05, 0.1) is 42.1 Å². The standard InChI is InChI=1S/C46H51N7O4/c1-28(2)29(3)43(54)53-27-46(21-22-46)25-39(53)42-48-35-20-17-32(24-36(35)49-42)14-13-31-15-18-34(19-16-31)37-26-47-41(50-37)38-12-9-23-52(38)44(55)40(51-45(56)57-5)30(4)33-10-7-6-8-11-33/h6-8,10-11,15-20,24,26,28-30,38-40H,9,12,21-23,25,27H2,1-5H3,(H,47,50)(H,48,49)(H,51,56)/t29-,30-,38-,39-,40+/m0/s1. The monoisotopic (exact) mass is 765 g/mol. The van der Waals surface area contributed by atoms with Crippen LogP contribution in [0.25, 0.3) is 22.3 Å². The van der Waals surface area contributed by atoms with Gasteiger partial charge in [-0.15, -0.1) is 0 Å². The second kappa shape index (κ2) is 15.6. The Kier molecular flexibility index (Phi) is 10.4. The molecule has 3 N–H and O–H groups in total. The number of aromatic nitrogens is 4. The zero-order valence-corrected chi connectivity index (χ0v) is 33.3. The van der Waals surface area contributed by atoms with Crippen LogP contribution in [0.1, 0.15) is 106 Å². The molecule has 0 unspecified atom stereocenters. The number of hydrogen-bond donors (Lipinski definition) is 3. The van der Waals surface area contributed by atoms with Crippen LogP contribution in [0.15, 0.2) is 79.0 Å². The van der Waals surface area contributed by atoms with E-state index in [0.29, 0.717) is 18.3 Å². The molecule has 5 atom stereocenters. The summed E-state index contributed by atoms with van der Waals surface area (Å²) in [4.78, 5) is 60.5. The number of H-pyrrole nitrogens is 2. The summed E-state index contributed by atoms with van der Waals surface area (Å²) in [5.74, 6) is 8.26. The van der Waals surface area contributed by atoms with Gasteiger partial charge in [-0.1, -0.05) is 82.0 Å². The second-order valence-electron chi connectivity index (χ2n) is 16.6. The Balaban J connectivity index is 0.947. The smallest absolute Gasteiger partial charge is 0.407 e. The maximum absolute atomic E-state index is 14.1. The summed E-state index contributed by atoms with van der Waals surface area (Å²) >= 11 is 0. The van der Waals surface area contributed by atoms with Crippen LogP contribution < -0.4 is 5.32 Å². The van der Waals surface area contributed by atoms with Crippen molar-refractivity contribution < 1.29 is 19.1 Å². The first-order valence-corrected chi connectivity index (χ1v) is 20.2. The Morgan fingerprint density at radius 1 is 0.877 bits per heavy atom. The quantitative estimate of drug-likeness (QED) is 0.131. The number of imidazole rings is 2. The molecule has 0 bridgehead atoms. The van der Waals surface area contributed by atoms with Crippen LogP contribution in [0.4, 0.5) is 4.79 Å². The molecule has 1 saturated carbocycles. The van der Waals surface area contributed by atoms with E-state index in [4.69, 9.17) is 14.7 Å². The molecule has 2 aliphatic heterocycles. The number of likely N-dealkylation sites (tertiary alicyclic amines) is 2. The summed E-state index contributed by atoms with van der Waals surface area (Å²) in [5, 5.41) is 2.79. The Labute approximate surface area is 334 Å². The van der Waals surface area contributed by atoms with E-state index in [9.17, 15) is 14.4 Å². The molecule has 0 radical (unpaired) electrons. The minimum Gasteiger partial charge on any atom is -0.453 e. The Morgan fingerprint density at radius 2 is 1.61 bits per heavy atom. The number of benzene rings is 3. The van der Waals surface area contributed by atoms with Crippen molar-refractivity contribution in [3.8, 4) is 23.1 Å². The highest BCUT2D eigenvalue weighted by molar-refractivity contribution is 5.87. The summed E-state index contributed by atoms with van der Waals surface area (Å²) in [7, 11) is 1.30. The molecule has 1 spiro atoms. The lowest BCUT2D eigenvalue weighted by Crippen LogP contribution is -2.51. The van der Waals surface area contributed by atoms with E-state index in [1.54, 1.807) is 6.20 Å². The molecule has 4 heterocycles. The average Bonchev–Trinajstić information content (AvgIpc) is 3.72. The van der Waals surface area contributed by atoms with E-state index in [1.807, 2.05) is 91.5 Å². The number of methoxy groups -OCH3 is 1. The molecule has 3 amide bonds. The van der Waals surface area contributed by atoms with Crippen molar-refractivity contribution in [2.45, 2.75) is 83.8 Å². The summed E-state index contributed by atoms with van der Waals surface area (Å²) < 4.78 is 4.89. The highest BCUT2D eigenvalue weighted by Crippen LogP contribution is 2.58. The van der Waals surface area contributed by atoms with Crippen molar-refractivity contribution in [1.82, 2.24) is 35.1 Å². The summed E-state index contributed by atoms with van der Waals surface area (Å²) in [6, 6.07) is 22.7. The molecule has 11 heteroatoms. The lowest BCUT2D eigenvalue weighted by molar-refractivity contribution is -0.137. The number of carbonyl (C=O) groups is 3. The molecule has 3 aromatic carbocycles. The van der Waals surface area contributed by atoms with Gasteiger partial charge in [0.2, 0.25) is 11.8 Å². The van der Waals surface area contributed by atoms with Crippen LogP contribution >= 0.6 is 0 Å². The summed E-state index contributed by atoms with van der Waals surface area (Å²) in [5.41, 5.74) is 6.58. The molecule has 11 nitrogen and oxygen atoms in total. The van der Waals surface area contributed by atoms with Gasteiger partial charge in [-0.25, -0.2) is 14.8 Å². The number of fused-ring (bicyclic) bond motifs is 1. The van der Waals surface area contributed by atoms with E-state index >= 15 is 0 Å². The molecule has 2 aromatic heterocycles. The van der Waals surface area contributed by atoms with Crippen molar-refractivity contribution in [3.63, 3.8) is 0 Å². The molecule has 5 aromatic rings. The van der Waals surface area contributed by atoms with Gasteiger partial charge in [0.25, 0.3) is 0 Å². The van der Waals surface area contributed by atoms with Gasteiger partial charge in [-0.3, -0.25) is 9.59 Å².